The molecule has 88 valence electrons. The van der Waals surface area contributed by atoms with Gasteiger partial charge < -0.3 is 10.1 Å². The first-order valence-corrected chi connectivity index (χ1v) is 5.57. The van der Waals surface area contributed by atoms with Crippen LogP contribution in [-0.4, -0.2) is 19.1 Å². The van der Waals surface area contributed by atoms with Crippen LogP contribution in [0, 0.1) is 5.92 Å². The van der Waals surface area contributed by atoms with E-state index >= 15 is 0 Å². The number of hydrogen-bond acceptors (Lipinski definition) is 3. The van der Waals surface area contributed by atoms with Crippen LogP contribution < -0.4 is 5.32 Å². The SMILES string of the molecule is CC/C=C(\C)NC(C(=O)OC)[C@@H](C)CC. The number of carbonyl (C=O) groups excluding carboxylic acids is 1. The fourth-order valence-electron chi connectivity index (χ4n) is 1.41. The molecule has 0 aliphatic heterocycles. The average molecular weight is 213 g/mol. The first-order valence-electron chi connectivity index (χ1n) is 5.57. The van der Waals surface area contributed by atoms with Crippen molar-refractivity contribution in [3.05, 3.63) is 11.8 Å². The molecular weight excluding hydrogens is 190 g/mol. The molecule has 0 amide bonds. The molecule has 0 spiro atoms. The van der Waals surface area contributed by atoms with Crippen LogP contribution in [0.2, 0.25) is 0 Å². The van der Waals surface area contributed by atoms with E-state index in [2.05, 4.69) is 25.2 Å². The average Bonchev–Trinajstić information content (AvgIpc) is 2.24. The number of esters is 1. The molecule has 0 saturated carbocycles. The van der Waals surface area contributed by atoms with Crippen LogP contribution in [-0.2, 0) is 9.53 Å². The fraction of sp³-hybridized carbons (Fsp3) is 0.750. The Labute approximate surface area is 92.9 Å². The van der Waals surface area contributed by atoms with Gasteiger partial charge in [0.05, 0.1) is 7.11 Å². The standard InChI is InChI=1S/C12H23NO2/c1-6-8-10(4)13-11(9(3)7-2)12(14)15-5/h8-9,11,13H,6-7H2,1-5H3/b10-8+/t9-,11?/m0/s1. The quantitative estimate of drug-likeness (QED) is 0.689. The smallest absolute Gasteiger partial charge is 0.328 e. The second-order valence-electron chi connectivity index (χ2n) is 3.83. The Hall–Kier alpha value is -0.990. The first kappa shape index (κ1) is 14.0. The summed E-state index contributed by atoms with van der Waals surface area (Å²) in [4.78, 5) is 11.5. The van der Waals surface area contributed by atoms with Gasteiger partial charge in [0.2, 0.25) is 0 Å². The van der Waals surface area contributed by atoms with Crippen LogP contribution in [0.15, 0.2) is 11.8 Å². The molecular formula is C12H23NO2. The lowest BCUT2D eigenvalue weighted by molar-refractivity contribution is -0.144. The molecule has 0 aromatic carbocycles. The van der Waals surface area contributed by atoms with Gasteiger partial charge in [-0.2, -0.15) is 0 Å². The molecule has 0 aliphatic rings. The highest BCUT2D eigenvalue weighted by molar-refractivity contribution is 5.76. The van der Waals surface area contributed by atoms with Gasteiger partial charge in [0.1, 0.15) is 6.04 Å². The summed E-state index contributed by atoms with van der Waals surface area (Å²) in [5.41, 5.74) is 1.04. The zero-order valence-corrected chi connectivity index (χ0v) is 10.5. The molecule has 3 nitrogen and oxygen atoms in total. The van der Waals surface area contributed by atoms with E-state index in [0.29, 0.717) is 0 Å². The zero-order chi connectivity index (χ0) is 11.8. The maximum absolute atomic E-state index is 11.5. The van der Waals surface area contributed by atoms with Crippen molar-refractivity contribution in [2.45, 2.75) is 46.6 Å². The third kappa shape index (κ3) is 4.86. The van der Waals surface area contributed by atoms with E-state index in [1.54, 1.807) is 0 Å². The van der Waals surface area contributed by atoms with Gasteiger partial charge in [0.15, 0.2) is 0 Å². The van der Waals surface area contributed by atoms with Crippen molar-refractivity contribution in [3.8, 4) is 0 Å². The lowest BCUT2D eigenvalue weighted by Gasteiger charge is -2.23. The van der Waals surface area contributed by atoms with Gasteiger partial charge in [-0.05, 0) is 19.3 Å². The van der Waals surface area contributed by atoms with Crippen molar-refractivity contribution in [2.24, 2.45) is 5.92 Å². The summed E-state index contributed by atoms with van der Waals surface area (Å²) in [7, 11) is 1.43. The highest BCUT2D eigenvalue weighted by Crippen LogP contribution is 2.10. The topological polar surface area (TPSA) is 38.3 Å². The van der Waals surface area contributed by atoms with Crippen molar-refractivity contribution in [3.63, 3.8) is 0 Å². The number of nitrogens with one attached hydrogen (secondary N) is 1. The lowest BCUT2D eigenvalue weighted by Crippen LogP contribution is -2.41. The van der Waals surface area contributed by atoms with Gasteiger partial charge in [-0.25, -0.2) is 4.79 Å². The second-order valence-corrected chi connectivity index (χ2v) is 3.83. The van der Waals surface area contributed by atoms with Crippen LogP contribution >= 0.6 is 0 Å². The Morgan fingerprint density at radius 1 is 1.47 bits per heavy atom. The Morgan fingerprint density at radius 3 is 2.47 bits per heavy atom. The maximum Gasteiger partial charge on any atom is 0.328 e. The maximum atomic E-state index is 11.5. The second kappa shape index (κ2) is 7.32. The first-order chi connectivity index (χ1) is 7.06. The van der Waals surface area contributed by atoms with Crippen LogP contribution in [0.1, 0.15) is 40.5 Å². The zero-order valence-electron chi connectivity index (χ0n) is 10.5. The van der Waals surface area contributed by atoms with Gasteiger partial charge in [0.25, 0.3) is 0 Å². The Morgan fingerprint density at radius 2 is 2.07 bits per heavy atom. The van der Waals surface area contributed by atoms with Crippen molar-refractivity contribution in [1.29, 1.82) is 0 Å². The Balaban J connectivity index is 4.51. The number of allylic oxidation sites excluding steroid dienone is 2. The monoisotopic (exact) mass is 213 g/mol. The fourth-order valence-corrected chi connectivity index (χ4v) is 1.41. The van der Waals surface area contributed by atoms with Crippen molar-refractivity contribution in [2.75, 3.05) is 7.11 Å². The summed E-state index contributed by atoms with van der Waals surface area (Å²) in [6.07, 6.45) is 3.98. The van der Waals surface area contributed by atoms with Gasteiger partial charge >= 0.3 is 5.97 Å². The highest BCUT2D eigenvalue weighted by Gasteiger charge is 2.24. The summed E-state index contributed by atoms with van der Waals surface area (Å²) < 4.78 is 4.79. The minimum Gasteiger partial charge on any atom is -0.467 e. The Bertz CT molecular complexity index is 224. The van der Waals surface area contributed by atoms with Crippen LogP contribution in [0.4, 0.5) is 0 Å². The van der Waals surface area contributed by atoms with Gasteiger partial charge in [-0.3, -0.25) is 0 Å². The highest BCUT2D eigenvalue weighted by atomic mass is 16.5. The molecule has 0 radical (unpaired) electrons. The third-order valence-corrected chi connectivity index (χ3v) is 2.56. The molecule has 0 rings (SSSR count). The van der Waals surface area contributed by atoms with Crippen LogP contribution in [0.3, 0.4) is 0 Å². The van der Waals surface area contributed by atoms with Crippen LogP contribution in [0.25, 0.3) is 0 Å². The number of rotatable bonds is 6. The predicted octanol–water partition coefficient (Wildman–Crippen LogP) is 2.48. The van der Waals surface area contributed by atoms with E-state index in [1.807, 2.05) is 13.8 Å². The molecule has 0 fully saturated rings. The summed E-state index contributed by atoms with van der Waals surface area (Å²) in [6, 6.07) is -0.234. The molecule has 15 heavy (non-hydrogen) atoms. The number of hydrogen-bond donors (Lipinski definition) is 1. The normalized spacial score (nSPS) is 15.7. The number of carbonyl (C=O) groups is 1. The molecule has 0 saturated heterocycles. The minimum atomic E-state index is -0.234. The molecule has 3 heteroatoms. The van der Waals surface area contributed by atoms with Gasteiger partial charge in [-0.1, -0.05) is 33.3 Å². The summed E-state index contributed by atoms with van der Waals surface area (Å²) in [5, 5.41) is 3.21. The van der Waals surface area contributed by atoms with E-state index < -0.39 is 0 Å². The number of ether oxygens (including phenoxy) is 1. The number of methoxy groups -OCH3 is 1. The third-order valence-electron chi connectivity index (χ3n) is 2.56. The van der Waals surface area contributed by atoms with Crippen molar-refractivity contribution in [1.82, 2.24) is 5.32 Å². The summed E-state index contributed by atoms with van der Waals surface area (Å²) in [5.74, 6) is 0.0888. The van der Waals surface area contributed by atoms with E-state index in [-0.39, 0.29) is 17.9 Å². The van der Waals surface area contributed by atoms with Crippen LogP contribution in [0.5, 0.6) is 0 Å². The summed E-state index contributed by atoms with van der Waals surface area (Å²) in [6.45, 7) is 8.17. The molecule has 0 aromatic rings. The molecule has 1 unspecified atom stereocenters. The molecule has 0 aromatic heterocycles. The predicted molar refractivity (Wildman–Crippen MR) is 62.4 cm³/mol. The molecule has 0 aliphatic carbocycles. The van der Waals surface area contributed by atoms with E-state index in [4.69, 9.17) is 4.74 Å². The Kier molecular flexibility index (Phi) is 6.84. The summed E-state index contributed by atoms with van der Waals surface area (Å²) >= 11 is 0. The van der Waals surface area contributed by atoms with Gasteiger partial charge in [0, 0.05) is 5.70 Å². The van der Waals surface area contributed by atoms with Crippen molar-refractivity contribution >= 4 is 5.97 Å². The largest absolute Gasteiger partial charge is 0.467 e. The van der Waals surface area contributed by atoms with Gasteiger partial charge in [-0.15, -0.1) is 0 Å². The molecule has 0 bridgehead atoms. The molecule has 1 N–H and O–H groups in total. The van der Waals surface area contributed by atoms with E-state index in [0.717, 1.165) is 18.5 Å². The molecule has 2 atom stereocenters. The minimum absolute atomic E-state index is 0.187. The van der Waals surface area contributed by atoms with Crippen molar-refractivity contribution < 1.29 is 9.53 Å². The molecule has 0 heterocycles. The van der Waals surface area contributed by atoms with E-state index in [9.17, 15) is 4.79 Å². The lowest BCUT2D eigenvalue weighted by atomic mass is 9.99. The van der Waals surface area contributed by atoms with E-state index in [1.165, 1.54) is 7.11 Å².